The zero-order valence-corrected chi connectivity index (χ0v) is 29.1. The third kappa shape index (κ3) is 9.48. The van der Waals surface area contributed by atoms with E-state index in [1.165, 1.54) is 35.2 Å². The van der Waals surface area contributed by atoms with Gasteiger partial charge in [0.05, 0.1) is 10.6 Å². The Hall–Kier alpha value is -3.56. The third-order valence-corrected chi connectivity index (χ3v) is 9.49. The maximum Gasteiger partial charge on any atom is 0.264 e. The van der Waals surface area contributed by atoms with Crippen LogP contribution < -0.4 is 9.62 Å². The fraction of sp³-hybridized carbons (Fsp3) is 0.257. The van der Waals surface area contributed by atoms with E-state index in [4.69, 9.17) is 34.8 Å². The summed E-state index contributed by atoms with van der Waals surface area (Å²) in [6.45, 7) is 6.76. The minimum atomic E-state index is -4.30. The van der Waals surface area contributed by atoms with Gasteiger partial charge in [-0.15, -0.1) is 0 Å². The van der Waals surface area contributed by atoms with Crippen molar-refractivity contribution in [3.63, 3.8) is 0 Å². The topological polar surface area (TPSA) is 86.8 Å². The summed E-state index contributed by atoms with van der Waals surface area (Å²) in [6.07, 6.45) is 0.183. The van der Waals surface area contributed by atoms with Crippen molar-refractivity contribution in [2.24, 2.45) is 0 Å². The highest BCUT2D eigenvalue weighted by Gasteiger charge is 2.35. The molecule has 4 rings (SSSR count). The Kier molecular flexibility index (Phi) is 11.4. The first-order chi connectivity index (χ1) is 21.6. The quantitative estimate of drug-likeness (QED) is 0.174. The van der Waals surface area contributed by atoms with Gasteiger partial charge in [-0.1, -0.05) is 95.0 Å². The van der Waals surface area contributed by atoms with Crippen molar-refractivity contribution in [1.29, 1.82) is 0 Å². The lowest BCUT2D eigenvalue weighted by atomic mass is 10.0. The van der Waals surface area contributed by atoms with E-state index in [-0.39, 0.29) is 39.5 Å². The van der Waals surface area contributed by atoms with Crippen LogP contribution in [0.5, 0.6) is 0 Å². The van der Waals surface area contributed by atoms with E-state index in [0.717, 1.165) is 15.4 Å². The Labute approximate surface area is 286 Å². The van der Waals surface area contributed by atoms with Crippen molar-refractivity contribution in [2.45, 2.75) is 57.1 Å². The molecule has 0 spiro atoms. The molecule has 0 radical (unpaired) electrons. The molecule has 1 N–H and O–H groups in total. The Bertz CT molecular complexity index is 1770. The molecule has 0 aliphatic carbocycles. The molecule has 0 saturated carbocycles. The molecule has 0 bridgehead atoms. The average Bonchev–Trinajstić information content (AvgIpc) is 2.97. The van der Waals surface area contributed by atoms with E-state index in [2.05, 4.69) is 5.32 Å². The van der Waals surface area contributed by atoms with Crippen LogP contribution in [0.25, 0.3) is 0 Å². The van der Waals surface area contributed by atoms with Crippen LogP contribution in [0.3, 0.4) is 0 Å². The van der Waals surface area contributed by atoms with Gasteiger partial charge in [0, 0.05) is 33.6 Å². The number of benzene rings is 4. The van der Waals surface area contributed by atoms with E-state index in [1.807, 2.05) is 58.0 Å². The molecule has 242 valence electrons. The molecule has 0 heterocycles. The number of halogens is 3. The number of nitrogens with one attached hydrogen (secondary N) is 1. The minimum absolute atomic E-state index is 0.0107. The van der Waals surface area contributed by atoms with Crippen molar-refractivity contribution >= 4 is 62.3 Å². The summed E-state index contributed by atoms with van der Waals surface area (Å²) in [5.74, 6) is -0.998. The number of hydrogen-bond acceptors (Lipinski definition) is 4. The molecule has 4 aromatic rings. The monoisotopic (exact) mass is 699 g/mol. The molecule has 0 aliphatic rings. The molecule has 2 amide bonds. The number of amides is 2. The normalized spacial score (nSPS) is 12.3. The van der Waals surface area contributed by atoms with Crippen LogP contribution in [-0.4, -0.2) is 43.3 Å². The van der Waals surface area contributed by atoms with E-state index in [0.29, 0.717) is 10.6 Å². The molecule has 7 nitrogen and oxygen atoms in total. The van der Waals surface area contributed by atoms with Crippen LogP contribution in [0.2, 0.25) is 15.1 Å². The highest BCUT2D eigenvalue weighted by molar-refractivity contribution is 7.92. The van der Waals surface area contributed by atoms with Gasteiger partial charge in [-0.2, -0.15) is 0 Å². The van der Waals surface area contributed by atoms with Gasteiger partial charge in [0.2, 0.25) is 11.8 Å². The van der Waals surface area contributed by atoms with Crippen LogP contribution in [0.4, 0.5) is 5.69 Å². The minimum Gasteiger partial charge on any atom is -0.350 e. The lowest BCUT2D eigenvalue weighted by Crippen LogP contribution is -2.56. The van der Waals surface area contributed by atoms with Crippen molar-refractivity contribution < 1.29 is 18.0 Å². The maximum absolute atomic E-state index is 14.6. The lowest BCUT2D eigenvalue weighted by molar-refractivity contribution is -0.140. The smallest absolute Gasteiger partial charge is 0.264 e. The zero-order valence-electron chi connectivity index (χ0n) is 26.0. The number of rotatable bonds is 11. The third-order valence-electron chi connectivity index (χ3n) is 7.03. The van der Waals surface area contributed by atoms with Gasteiger partial charge in [0.1, 0.15) is 12.6 Å². The molecule has 1 atom stereocenters. The number of hydrogen-bond donors (Lipinski definition) is 1. The van der Waals surface area contributed by atoms with Gasteiger partial charge >= 0.3 is 0 Å². The van der Waals surface area contributed by atoms with Crippen LogP contribution in [0.15, 0.2) is 102 Å². The average molecular weight is 701 g/mol. The molecule has 46 heavy (non-hydrogen) atoms. The first kappa shape index (κ1) is 35.3. The second-order valence-electron chi connectivity index (χ2n) is 12.0. The first-order valence-electron chi connectivity index (χ1n) is 14.6. The molecule has 0 aromatic heterocycles. The summed E-state index contributed by atoms with van der Waals surface area (Å²) < 4.78 is 29.3. The van der Waals surface area contributed by atoms with Gasteiger partial charge in [-0.05, 0) is 81.3 Å². The molecule has 0 aliphatic heterocycles. The van der Waals surface area contributed by atoms with Crippen LogP contribution in [-0.2, 0) is 32.6 Å². The van der Waals surface area contributed by atoms with E-state index in [1.54, 1.807) is 36.4 Å². The molecule has 11 heteroatoms. The molecule has 4 aromatic carbocycles. The SMILES string of the molecule is Cc1ccc(S(=O)(=O)N(CC(=O)N(Cc2cccc(Cl)c2)[C@@H](Cc2ccccc2)C(=O)NC(C)(C)C)c2cc(Cl)cc(Cl)c2)cc1. The number of aryl methyl sites for hydroxylation is 1. The van der Waals surface area contributed by atoms with E-state index < -0.39 is 34.1 Å². The Morgan fingerprint density at radius 1 is 0.783 bits per heavy atom. The number of sulfonamides is 1. The van der Waals surface area contributed by atoms with E-state index in [9.17, 15) is 18.0 Å². The summed E-state index contributed by atoms with van der Waals surface area (Å²) in [4.78, 5) is 29.9. The summed E-state index contributed by atoms with van der Waals surface area (Å²) in [6, 6.07) is 26.0. The highest BCUT2D eigenvalue weighted by atomic mass is 35.5. The van der Waals surface area contributed by atoms with Gasteiger partial charge in [-0.3, -0.25) is 13.9 Å². The number of nitrogens with zero attached hydrogens (tertiary/aromatic N) is 2. The number of carbonyl (C=O) groups is 2. The fourth-order valence-corrected chi connectivity index (χ4v) is 7.01. The van der Waals surface area contributed by atoms with Crippen LogP contribution in [0.1, 0.15) is 37.5 Å². The Morgan fingerprint density at radius 3 is 1.98 bits per heavy atom. The fourth-order valence-electron chi connectivity index (χ4n) is 4.89. The van der Waals surface area contributed by atoms with Gasteiger partial charge in [-0.25, -0.2) is 8.42 Å². The largest absolute Gasteiger partial charge is 0.350 e. The number of carbonyl (C=O) groups excluding carboxylic acids is 2. The van der Waals surface area contributed by atoms with E-state index >= 15 is 0 Å². The first-order valence-corrected chi connectivity index (χ1v) is 17.2. The van der Waals surface area contributed by atoms with Crippen molar-refractivity contribution in [3.8, 4) is 0 Å². The van der Waals surface area contributed by atoms with Crippen molar-refractivity contribution in [2.75, 3.05) is 10.8 Å². The van der Waals surface area contributed by atoms with Crippen LogP contribution >= 0.6 is 34.8 Å². The molecule has 0 unspecified atom stereocenters. The molecule has 0 fully saturated rings. The van der Waals surface area contributed by atoms with Gasteiger partial charge in [0.25, 0.3) is 10.0 Å². The predicted molar refractivity (Wildman–Crippen MR) is 186 cm³/mol. The maximum atomic E-state index is 14.6. The standard InChI is InChI=1S/C35H36Cl3N3O4S/c1-24-13-15-31(16-14-24)46(44,45)41(30-20-28(37)19-29(38)21-30)23-33(42)40(22-26-11-8-12-27(36)17-26)32(34(43)39-35(2,3)4)18-25-9-6-5-7-10-25/h5-17,19-21,32H,18,22-23H2,1-4H3,(H,39,43)/t32-/m0/s1. The highest BCUT2D eigenvalue weighted by Crippen LogP contribution is 2.30. The Morgan fingerprint density at radius 2 is 1.39 bits per heavy atom. The number of anilines is 1. The predicted octanol–water partition coefficient (Wildman–Crippen LogP) is 7.71. The van der Waals surface area contributed by atoms with Gasteiger partial charge < -0.3 is 10.2 Å². The molecule has 0 saturated heterocycles. The summed E-state index contributed by atoms with van der Waals surface area (Å²) in [5, 5.41) is 3.86. The van der Waals surface area contributed by atoms with Crippen LogP contribution in [0, 0.1) is 6.92 Å². The second-order valence-corrected chi connectivity index (χ2v) is 15.2. The summed E-state index contributed by atoms with van der Waals surface area (Å²) in [7, 11) is -4.30. The lowest BCUT2D eigenvalue weighted by Gasteiger charge is -2.35. The van der Waals surface area contributed by atoms with Crippen molar-refractivity contribution in [3.05, 3.63) is 129 Å². The summed E-state index contributed by atoms with van der Waals surface area (Å²) in [5.41, 5.74) is 1.86. The second kappa shape index (κ2) is 14.9. The Balaban J connectivity index is 1.84. The zero-order chi connectivity index (χ0) is 33.6. The molecular formula is C35H36Cl3N3O4S. The van der Waals surface area contributed by atoms with Gasteiger partial charge in [0.15, 0.2) is 0 Å². The molecular weight excluding hydrogens is 665 g/mol. The van der Waals surface area contributed by atoms with Crippen molar-refractivity contribution in [1.82, 2.24) is 10.2 Å². The summed E-state index contributed by atoms with van der Waals surface area (Å²) >= 11 is 18.9.